The number of hydrogen-bond donors (Lipinski definition) is 0. The van der Waals surface area contributed by atoms with E-state index in [1.54, 1.807) is 0 Å². The lowest BCUT2D eigenvalue weighted by atomic mass is 9.85. The van der Waals surface area contributed by atoms with Gasteiger partial charge in [0.25, 0.3) is 0 Å². The normalized spacial score (nSPS) is 31.9. The van der Waals surface area contributed by atoms with Gasteiger partial charge in [-0.05, 0) is 6.42 Å². The molecule has 3 heteroatoms. The standard InChI is InChI=1S/C11H24NS.HI/c1-6-8-11(12(3,4)5)9-13-10(11)7-2;/h10H,6-9H2,1-5H3;1H/q+1;/p-1. The molecule has 0 radical (unpaired) electrons. The zero-order valence-electron chi connectivity index (χ0n) is 10.1. The van der Waals surface area contributed by atoms with Crippen molar-refractivity contribution in [3.05, 3.63) is 0 Å². The molecule has 1 fully saturated rings. The molecule has 14 heavy (non-hydrogen) atoms. The van der Waals surface area contributed by atoms with Crippen LogP contribution in [0.25, 0.3) is 0 Å². The van der Waals surface area contributed by atoms with Gasteiger partial charge in [0.05, 0.1) is 32.1 Å². The first-order chi connectivity index (χ1) is 5.98. The zero-order chi connectivity index (χ0) is 10.1. The highest BCUT2D eigenvalue weighted by Gasteiger charge is 2.55. The first-order valence-electron chi connectivity index (χ1n) is 5.41. The first-order valence-corrected chi connectivity index (χ1v) is 6.46. The van der Waals surface area contributed by atoms with Gasteiger partial charge >= 0.3 is 0 Å². The molecular weight excluding hydrogens is 305 g/mol. The summed E-state index contributed by atoms with van der Waals surface area (Å²) in [6, 6.07) is 0. The van der Waals surface area contributed by atoms with Crippen LogP contribution in [0.2, 0.25) is 0 Å². The largest absolute Gasteiger partial charge is 1.00 e. The van der Waals surface area contributed by atoms with Gasteiger partial charge in [-0.15, -0.1) is 11.8 Å². The molecule has 0 spiro atoms. The van der Waals surface area contributed by atoms with Gasteiger partial charge in [-0.2, -0.15) is 0 Å². The van der Waals surface area contributed by atoms with E-state index < -0.39 is 0 Å². The second-order valence-electron chi connectivity index (χ2n) is 5.07. The van der Waals surface area contributed by atoms with Crippen molar-refractivity contribution in [3.8, 4) is 0 Å². The van der Waals surface area contributed by atoms with Crippen molar-refractivity contribution in [3.63, 3.8) is 0 Å². The number of rotatable bonds is 4. The van der Waals surface area contributed by atoms with Crippen LogP contribution in [0.5, 0.6) is 0 Å². The fourth-order valence-electron chi connectivity index (χ4n) is 2.52. The fraction of sp³-hybridized carbons (Fsp3) is 1.00. The number of halogens is 1. The summed E-state index contributed by atoms with van der Waals surface area (Å²) >= 11 is 2.16. The van der Waals surface area contributed by atoms with Crippen LogP contribution < -0.4 is 24.0 Å². The van der Waals surface area contributed by atoms with Crippen LogP contribution in [0.15, 0.2) is 0 Å². The molecule has 2 unspecified atom stereocenters. The second-order valence-corrected chi connectivity index (χ2v) is 6.26. The van der Waals surface area contributed by atoms with Crippen LogP contribution in [0.4, 0.5) is 0 Å². The van der Waals surface area contributed by atoms with Gasteiger partial charge in [-0.3, -0.25) is 0 Å². The Bertz CT molecular complexity index is 177. The number of hydrogen-bond acceptors (Lipinski definition) is 1. The maximum Gasteiger partial charge on any atom is 0.120 e. The van der Waals surface area contributed by atoms with Crippen LogP contribution >= 0.6 is 11.8 Å². The Morgan fingerprint density at radius 3 is 2.07 bits per heavy atom. The van der Waals surface area contributed by atoms with Crippen LogP contribution in [-0.2, 0) is 0 Å². The van der Waals surface area contributed by atoms with E-state index in [2.05, 4.69) is 46.8 Å². The van der Waals surface area contributed by atoms with Gasteiger partial charge in [0.2, 0.25) is 0 Å². The molecule has 0 bridgehead atoms. The van der Waals surface area contributed by atoms with Crippen molar-refractivity contribution in [1.29, 1.82) is 0 Å². The van der Waals surface area contributed by atoms with E-state index in [9.17, 15) is 0 Å². The Kier molecular flexibility index (Phi) is 5.79. The van der Waals surface area contributed by atoms with E-state index in [4.69, 9.17) is 0 Å². The van der Waals surface area contributed by atoms with E-state index in [-0.39, 0.29) is 24.0 Å². The number of nitrogens with zero attached hydrogens (tertiary/aromatic N) is 1. The molecule has 0 N–H and O–H groups in total. The molecule has 1 aliphatic heterocycles. The van der Waals surface area contributed by atoms with Gasteiger partial charge in [0.1, 0.15) is 5.54 Å². The minimum atomic E-state index is 0. The smallest absolute Gasteiger partial charge is 0.120 e. The fourth-order valence-corrected chi connectivity index (χ4v) is 4.51. The van der Waals surface area contributed by atoms with Crippen molar-refractivity contribution >= 4 is 11.8 Å². The van der Waals surface area contributed by atoms with Gasteiger partial charge in [0, 0.05) is 6.42 Å². The topological polar surface area (TPSA) is 0 Å². The van der Waals surface area contributed by atoms with Gasteiger partial charge in [-0.1, -0.05) is 20.3 Å². The van der Waals surface area contributed by atoms with Crippen LogP contribution in [0, 0.1) is 0 Å². The zero-order valence-corrected chi connectivity index (χ0v) is 13.1. The molecular formula is C11H24INS. The summed E-state index contributed by atoms with van der Waals surface area (Å²) in [6.07, 6.45) is 4.05. The first kappa shape index (κ1) is 15.0. The van der Waals surface area contributed by atoms with Crippen LogP contribution in [0.3, 0.4) is 0 Å². The van der Waals surface area contributed by atoms with Gasteiger partial charge in [0.15, 0.2) is 0 Å². The summed E-state index contributed by atoms with van der Waals surface area (Å²) in [5.41, 5.74) is 0.578. The maximum absolute atomic E-state index is 2.36. The second kappa shape index (κ2) is 5.39. The molecule has 86 valence electrons. The molecule has 0 aromatic rings. The maximum atomic E-state index is 2.36. The van der Waals surface area contributed by atoms with Crippen LogP contribution in [0.1, 0.15) is 33.1 Å². The van der Waals surface area contributed by atoms with Crippen molar-refractivity contribution in [2.45, 2.75) is 43.9 Å². The van der Waals surface area contributed by atoms with E-state index >= 15 is 0 Å². The lowest BCUT2D eigenvalue weighted by molar-refractivity contribution is -0.922. The molecule has 1 nitrogen and oxygen atoms in total. The predicted molar refractivity (Wildman–Crippen MR) is 62.2 cm³/mol. The van der Waals surface area contributed by atoms with Gasteiger partial charge in [-0.25, -0.2) is 0 Å². The average Bonchev–Trinajstić information content (AvgIpc) is 1.96. The van der Waals surface area contributed by atoms with Crippen molar-refractivity contribution < 1.29 is 28.5 Å². The molecule has 1 saturated heterocycles. The van der Waals surface area contributed by atoms with E-state index in [0.717, 1.165) is 9.73 Å². The minimum absolute atomic E-state index is 0. The molecule has 2 atom stereocenters. The molecule has 1 aliphatic rings. The Morgan fingerprint density at radius 2 is 1.86 bits per heavy atom. The van der Waals surface area contributed by atoms with E-state index in [1.807, 2.05) is 0 Å². The van der Waals surface area contributed by atoms with Crippen molar-refractivity contribution in [2.75, 3.05) is 26.9 Å². The molecule has 0 amide bonds. The summed E-state index contributed by atoms with van der Waals surface area (Å²) in [7, 11) is 7.08. The Hall–Kier alpha value is 1.04. The molecule has 1 rings (SSSR count). The molecule has 1 heterocycles. The lowest BCUT2D eigenvalue weighted by Crippen LogP contribution is -3.00. The van der Waals surface area contributed by atoms with E-state index in [1.165, 1.54) is 25.0 Å². The van der Waals surface area contributed by atoms with Gasteiger partial charge < -0.3 is 28.5 Å². The third kappa shape index (κ3) is 2.40. The Labute approximate surface area is 111 Å². The van der Waals surface area contributed by atoms with Crippen molar-refractivity contribution in [1.82, 2.24) is 0 Å². The molecule has 0 saturated carbocycles. The van der Waals surface area contributed by atoms with Crippen LogP contribution in [-0.4, -0.2) is 42.2 Å². The highest BCUT2D eigenvalue weighted by molar-refractivity contribution is 8.01. The average molecular weight is 329 g/mol. The third-order valence-corrected chi connectivity index (χ3v) is 5.36. The SMILES string of the molecule is CCCC1([N+](C)(C)C)CSC1CC.[I-]. The quantitative estimate of drug-likeness (QED) is 0.507. The molecule has 0 aromatic carbocycles. The Balaban J connectivity index is 0.00000169. The highest BCUT2D eigenvalue weighted by atomic mass is 127. The number of quaternary nitrogens is 1. The Morgan fingerprint density at radius 1 is 1.29 bits per heavy atom. The van der Waals surface area contributed by atoms with Crippen molar-refractivity contribution in [2.24, 2.45) is 0 Å². The molecule has 0 aliphatic carbocycles. The summed E-state index contributed by atoms with van der Waals surface area (Å²) in [5, 5.41) is 0.896. The predicted octanol–water partition coefficient (Wildman–Crippen LogP) is -0.239. The highest BCUT2D eigenvalue weighted by Crippen LogP contribution is 2.48. The molecule has 0 aromatic heterocycles. The monoisotopic (exact) mass is 329 g/mol. The summed E-state index contributed by atoms with van der Waals surface area (Å²) in [5.74, 6) is 1.36. The number of thioether (sulfide) groups is 1. The van der Waals surface area contributed by atoms with E-state index in [0.29, 0.717) is 5.54 Å². The summed E-state index contributed by atoms with van der Waals surface area (Å²) in [4.78, 5) is 0. The summed E-state index contributed by atoms with van der Waals surface area (Å²) in [6.45, 7) is 4.64. The minimum Gasteiger partial charge on any atom is -1.00 e. The summed E-state index contributed by atoms with van der Waals surface area (Å²) < 4.78 is 1.15. The lowest BCUT2D eigenvalue weighted by Gasteiger charge is -2.56. The third-order valence-electron chi connectivity index (χ3n) is 3.52.